The number of pyridine rings is 1. The summed E-state index contributed by atoms with van der Waals surface area (Å²) in [7, 11) is 0. The number of carbonyl (C=O) groups excluding carboxylic acids is 2. The zero-order chi connectivity index (χ0) is 24.3. The summed E-state index contributed by atoms with van der Waals surface area (Å²) in [6.45, 7) is 6.01. The lowest BCUT2D eigenvalue weighted by molar-refractivity contribution is -0.138. The highest BCUT2D eigenvalue weighted by molar-refractivity contribution is 5.96. The van der Waals surface area contributed by atoms with E-state index < -0.39 is 40.6 Å². The van der Waals surface area contributed by atoms with Crippen molar-refractivity contribution in [2.75, 3.05) is 10.6 Å². The maximum absolute atomic E-state index is 13.1. The average molecular weight is 453 g/mol. The summed E-state index contributed by atoms with van der Waals surface area (Å²) in [4.78, 5) is 27.7. The first-order chi connectivity index (χ1) is 14.6. The van der Waals surface area contributed by atoms with E-state index in [-0.39, 0.29) is 12.2 Å². The topological polar surface area (TPSA) is 129 Å². The van der Waals surface area contributed by atoms with Gasteiger partial charge in [-0.2, -0.15) is 18.4 Å². The molecule has 9 nitrogen and oxygen atoms in total. The molecule has 0 fully saturated rings. The number of rotatable bonds is 5. The van der Waals surface area contributed by atoms with Crippen LogP contribution >= 0.6 is 0 Å². The lowest BCUT2D eigenvalue weighted by atomic mass is 10.1. The van der Waals surface area contributed by atoms with Gasteiger partial charge in [-0.05, 0) is 39.8 Å². The summed E-state index contributed by atoms with van der Waals surface area (Å²) < 4.78 is 45.7. The van der Waals surface area contributed by atoms with Gasteiger partial charge in [0.2, 0.25) is 0 Å². The molecule has 12 heteroatoms. The minimum absolute atomic E-state index is 0.273. The number of hydrogen-bond acceptors (Lipinski definition) is 6. The Bertz CT molecular complexity index is 1050. The first kappa shape index (κ1) is 24.7. The van der Waals surface area contributed by atoms with Crippen LogP contribution < -0.4 is 10.6 Å². The first-order valence-electron chi connectivity index (χ1n) is 9.28. The summed E-state index contributed by atoms with van der Waals surface area (Å²) >= 11 is 0. The Labute approximate surface area is 181 Å². The van der Waals surface area contributed by atoms with Gasteiger partial charge in [0.05, 0.1) is 29.7 Å². The van der Waals surface area contributed by atoms with Crippen molar-refractivity contribution in [3.05, 3.63) is 42.0 Å². The van der Waals surface area contributed by atoms with Gasteiger partial charge in [-0.25, -0.2) is 9.78 Å². The van der Waals surface area contributed by atoms with E-state index in [9.17, 15) is 27.9 Å². The molecule has 2 amide bonds. The fourth-order valence-electron chi connectivity index (χ4n) is 2.57. The summed E-state index contributed by atoms with van der Waals surface area (Å²) in [5.74, 6) is -0.993. The van der Waals surface area contributed by atoms with Crippen LogP contribution in [-0.4, -0.2) is 37.9 Å². The minimum atomic E-state index is -4.84. The van der Waals surface area contributed by atoms with Crippen LogP contribution in [-0.2, 0) is 22.3 Å². The minimum Gasteiger partial charge on any atom is -0.444 e. The molecule has 3 N–H and O–H groups in total. The highest BCUT2D eigenvalue weighted by Gasteiger charge is 2.36. The highest BCUT2D eigenvalue weighted by atomic mass is 19.4. The van der Waals surface area contributed by atoms with E-state index in [4.69, 9.17) is 10.00 Å². The van der Waals surface area contributed by atoms with Gasteiger partial charge < -0.3 is 19.7 Å². The normalized spacial score (nSPS) is 13.6. The number of anilines is 2. The molecule has 2 aromatic rings. The molecule has 2 aromatic heterocycles. The average Bonchev–Trinajstić information content (AvgIpc) is 3.05. The molecule has 0 radical (unpaired) electrons. The van der Waals surface area contributed by atoms with Gasteiger partial charge >= 0.3 is 12.3 Å². The second-order valence-electron chi connectivity index (χ2n) is 8.16. The van der Waals surface area contributed by atoms with E-state index in [0.29, 0.717) is 11.8 Å². The van der Waals surface area contributed by atoms with Crippen LogP contribution in [0.4, 0.5) is 29.3 Å². The van der Waals surface area contributed by atoms with E-state index in [0.717, 1.165) is 6.20 Å². The Kier molecular flexibility index (Phi) is 6.84. The maximum atomic E-state index is 13.1. The molecule has 0 aliphatic carbocycles. The second kappa shape index (κ2) is 8.88. The van der Waals surface area contributed by atoms with Crippen LogP contribution in [0.3, 0.4) is 0 Å². The number of aliphatic hydroxyl groups is 1. The molecule has 0 saturated carbocycles. The zero-order valence-corrected chi connectivity index (χ0v) is 17.7. The number of nitrogens with zero attached hydrogens (tertiary/aromatic N) is 3. The molecule has 0 aliphatic heterocycles. The fraction of sp³-hybridized carbons (Fsp3) is 0.400. The smallest absolute Gasteiger partial charge is 0.419 e. The molecular formula is C20H22F3N5O4. The summed E-state index contributed by atoms with van der Waals surface area (Å²) in [5, 5.41) is 24.0. The largest absolute Gasteiger partial charge is 0.444 e. The first-order valence-corrected chi connectivity index (χ1v) is 9.28. The van der Waals surface area contributed by atoms with E-state index in [2.05, 4.69) is 15.6 Å². The molecule has 1 atom stereocenters. The predicted molar refractivity (Wildman–Crippen MR) is 107 cm³/mol. The van der Waals surface area contributed by atoms with Gasteiger partial charge in [-0.3, -0.25) is 10.1 Å². The molecule has 0 aliphatic rings. The third-order valence-electron chi connectivity index (χ3n) is 3.93. The van der Waals surface area contributed by atoms with Crippen LogP contribution in [0.5, 0.6) is 0 Å². The summed E-state index contributed by atoms with van der Waals surface area (Å²) in [6.07, 6.45) is -1.71. The van der Waals surface area contributed by atoms with Crippen molar-refractivity contribution in [3.8, 4) is 6.07 Å². The standard InChI is InChI=1S/C20H22F3N5O4/c1-18(2,3)32-17(30)27-12-5-6-28(10-12)11-19(4,31)16(29)26-13-7-14(20(21,22)23)15(8-24)25-9-13/h5-7,9-10,31H,11H2,1-4H3,(H,26,29)(H,27,30)/t19-/m0/s1. The van der Waals surface area contributed by atoms with Crippen molar-refractivity contribution >= 4 is 23.4 Å². The third-order valence-corrected chi connectivity index (χ3v) is 3.93. The van der Waals surface area contributed by atoms with E-state index in [1.807, 2.05) is 0 Å². The Morgan fingerprint density at radius 2 is 1.88 bits per heavy atom. The molecule has 0 bridgehead atoms. The molecule has 172 valence electrons. The highest BCUT2D eigenvalue weighted by Crippen LogP contribution is 2.32. The number of carbonyl (C=O) groups is 2. The number of ether oxygens (including phenoxy) is 1. The van der Waals surface area contributed by atoms with Crippen molar-refractivity contribution in [2.45, 2.75) is 51.6 Å². The van der Waals surface area contributed by atoms with Crippen molar-refractivity contribution in [3.63, 3.8) is 0 Å². The molecular weight excluding hydrogens is 431 g/mol. The molecule has 0 unspecified atom stereocenters. The molecule has 0 saturated heterocycles. The van der Waals surface area contributed by atoms with Gasteiger partial charge in [0, 0.05) is 12.4 Å². The van der Waals surface area contributed by atoms with Gasteiger partial charge in [-0.1, -0.05) is 0 Å². The van der Waals surface area contributed by atoms with Gasteiger partial charge in [-0.15, -0.1) is 0 Å². The maximum Gasteiger partial charge on any atom is 0.419 e. The number of amides is 2. The Morgan fingerprint density at radius 1 is 1.22 bits per heavy atom. The second-order valence-corrected chi connectivity index (χ2v) is 8.16. The van der Waals surface area contributed by atoms with Crippen molar-refractivity contribution in [1.82, 2.24) is 9.55 Å². The summed E-state index contributed by atoms with van der Waals surface area (Å²) in [6, 6.07) is 3.42. The van der Waals surface area contributed by atoms with Crippen LogP contribution in [0.15, 0.2) is 30.7 Å². The number of hydrogen-bond donors (Lipinski definition) is 3. The van der Waals surface area contributed by atoms with Crippen LogP contribution in [0.25, 0.3) is 0 Å². The zero-order valence-electron chi connectivity index (χ0n) is 17.7. The Morgan fingerprint density at radius 3 is 2.44 bits per heavy atom. The van der Waals surface area contributed by atoms with Crippen molar-refractivity contribution < 1.29 is 32.6 Å². The van der Waals surface area contributed by atoms with Crippen LogP contribution in [0.1, 0.15) is 39.0 Å². The molecule has 0 aromatic carbocycles. The van der Waals surface area contributed by atoms with E-state index in [1.165, 1.54) is 36.0 Å². The van der Waals surface area contributed by atoms with Crippen LogP contribution in [0.2, 0.25) is 0 Å². The fourth-order valence-corrected chi connectivity index (χ4v) is 2.57. The third kappa shape index (κ3) is 6.71. The van der Waals surface area contributed by atoms with Gasteiger partial charge in [0.1, 0.15) is 11.7 Å². The van der Waals surface area contributed by atoms with Crippen molar-refractivity contribution in [1.29, 1.82) is 5.26 Å². The molecule has 2 heterocycles. The predicted octanol–water partition coefficient (Wildman–Crippen LogP) is 3.51. The Balaban J connectivity index is 2.08. The quantitative estimate of drug-likeness (QED) is 0.635. The van der Waals surface area contributed by atoms with E-state index in [1.54, 1.807) is 20.8 Å². The van der Waals surface area contributed by atoms with E-state index >= 15 is 0 Å². The lowest BCUT2D eigenvalue weighted by Crippen LogP contribution is -2.43. The van der Waals surface area contributed by atoms with Crippen LogP contribution in [0, 0.1) is 11.3 Å². The summed E-state index contributed by atoms with van der Waals surface area (Å²) in [5.41, 5.74) is -4.85. The van der Waals surface area contributed by atoms with Gasteiger partial charge in [0.25, 0.3) is 5.91 Å². The Hall–Kier alpha value is -3.59. The number of nitriles is 1. The molecule has 0 spiro atoms. The lowest BCUT2D eigenvalue weighted by Gasteiger charge is -2.23. The number of halogens is 3. The number of aromatic nitrogens is 2. The number of nitrogens with one attached hydrogen (secondary N) is 2. The number of alkyl halides is 3. The van der Waals surface area contributed by atoms with Crippen molar-refractivity contribution in [2.24, 2.45) is 0 Å². The molecule has 2 rings (SSSR count). The SMILES string of the molecule is CC(C)(C)OC(=O)Nc1ccn(C[C@](C)(O)C(=O)Nc2cnc(C#N)c(C(F)(F)F)c2)c1. The monoisotopic (exact) mass is 453 g/mol. The molecule has 32 heavy (non-hydrogen) atoms. The van der Waals surface area contributed by atoms with Gasteiger partial charge in [0.15, 0.2) is 11.3 Å².